The molecule has 1 aromatic carbocycles. The van der Waals surface area contributed by atoms with Gasteiger partial charge in [-0.15, -0.1) is 0 Å². The van der Waals surface area contributed by atoms with Crippen molar-refractivity contribution < 1.29 is 9.53 Å². The van der Waals surface area contributed by atoms with Crippen molar-refractivity contribution >= 4 is 5.78 Å². The summed E-state index contributed by atoms with van der Waals surface area (Å²) in [6.07, 6.45) is 0. The monoisotopic (exact) mass is 217 g/mol. The van der Waals surface area contributed by atoms with E-state index in [1.54, 1.807) is 7.11 Å². The van der Waals surface area contributed by atoms with E-state index in [2.05, 4.69) is 0 Å². The zero-order chi connectivity index (χ0) is 12.3. The second-order valence-electron chi connectivity index (χ2n) is 3.85. The van der Waals surface area contributed by atoms with Crippen molar-refractivity contribution in [2.45, 2.75) is 26.7 Å². The van der Waals surface area contributed by atoms with Gasteiger partial charge in [0, 0.05) is 0 Å². The predicted octanol–water partition coefficient (Wildman–Crippen LogP) is 2.51. The van der Waals surface area contributed by atoms with Crippen LogP contribution in [0.3, 0.4) is 0 Å². The molecule has 0 spiro atoms. The molecule has 0 amide bonds. The molecule has 0 fully saturated rings. The number of ether oxygens (including phenoxy) is 1. The van der Waals surface area contributed by atoms with Crippen molar-refractivity contribution in [3.8, 4) is 11.8 Å². The molecule has 0 heterocycles. The topological polar surface area (TPSA) is 50.1 Å². The van der Waals surface area contributed by atoms with Gasteiger partial charge in [-0.1, -0.05) is 6.07 Å². The first-order chi connectivity index (χ1) is 7.51. The number of hydrogen-bond acceptors (Lipinski definition) is 3. The fraction of sp³-hybridized carbons (Fsp3) is 0.385. The summed E-state index contributed by atoms with van der Waals surface area (Å²) in [5.41, 5.74) is 2.61. The summed E-state index contributed by atoms with van der Waals surface area (Å²) in [7, 11) is 1.61. The third-order valence-corrected chi connectivity index (χ3v) is 2.63. The summed E-state index contributed by atoms with van der Waals surface area (Å²) in [4.78, 5) is 11.3. The summed E-state index contributed by atoms with van der Waals surface area (Å²) in [5.74, 6) is -0.0266. The molecule has 0 saturated heterocycles. The number of carbonyl (C=O) groups is 1. The third kappa shape index (κ3) is 2.22. The van der Waals surface area contributed by atoms with Crippen LogP contribution in [0, 0.1) is 25.2 Å². The average molecular weight is 217 g/mol. The second kappa shape index (κ2) is 4.80. The molecule has 3 nitrogen and oxygen atoms in total. The Hall–Kier alpha value is -1.82. The zero-order valence-corrected chi connectivity index (χ0v) is 10.00. The standard InChI is InChI=1S/C13H15NO2/c1-8-6-13(16-4)9(2)5-11(8)12(7-14)10(3)15/h5-6,12H,1-4H3. The SMILES string of the molecule is COc1cc(C)c(C(C#N)C(C)=O)cc1C. The summed E-state index contributed by atoms with van der Waals surface area (Å²) in [5, 5.41) is 8.99. The second-order valence-corrected chi connectivity index (χ2v) is 3.85. The van der Waals surface area contributed by atoms with Crippen molar-refractivity contribution in [2.24, 2.45) is 0 Å². The lowest BCUT2D eigenvalue weighted by atomic mass is 9.91. The Morgan fingerprint density at radius 2 is 2.00 bits per heavy atom. The molecule has 0 saturated carbocycles. The Kier molecular flexibility index (Phi) is 3.68. The number of nitriles is 1. The van der Waals surface area contributed by atoms with Gasteiger partial charge < -0.3 is 4.74 Å². The van der Waals surface area contributed by atoms with Crippen molar-refractivity contribution in [3.63, 3.8) is 0 Å². The molecule has 0 aliphatic carbocycles. The Bertz CT molecular complexity index is 458. The van der Waals surface area contributed by atoms with Crippen LogP contribution in [0.4, 0.5) is 0 Å². The first kappa shape index (κ1) is 12.3. The molecule has 1 unspecified atom stereocenters. The first-order valence-electron chi connectivity index (χ1n) is 5.06. The molecule has 0 N–H and O–H groups in total. The van der Waals surface area contributed by atoms with Crippen LogP contribution < -0.4 is 4.74 Å². The van der Waals surface area contributed by atoms with Gasteiger partial charge in [0.1, 0.15) is 11.7 Å². The van der Waals surface area contributed by atoms with E-state index in [1.165, 1.54) is 6.92 Å². The fourth-order valence-corrected chi connectivity index (χ4v) is 1.72. The molecule has 1 atom stereocenters. The number of nitrogens with zero attached hydrogens (tertiary/aromatic N) is 1. The molecule has 84 valence electrons. The number of ketones is 1. The lowest BCUT2D eigenvalue weighted by molar-refractivity contribution is -0.117. The smallest absolute Gasteiger partial charge is 0.151 e. The van der Waals surface area contributed by atoms with E-state index in [-0.39, 0.29) is 5.78 Å². The fourth-order valence-electron chi connectivity index (χ4n) is 1.72. The molecule has 1 aromatic rings. The lowest BCUT2D eigenvalue weighted by Gasteiger charge is -2.13. The predicted molar refractivity (Wildman–Crippen MR) is 61.5 cm³/mol. The van der Waals surface area contributed by atoms with Crippen LogP contribution in [-0.4, -0.2) is 12.9 Å². The molecular formula is C13H15NO2. The molecule has 0 aliphatic rings. The van der Waals surface area contributed by atoms with E-state index in [0.717, 1.165) is 22.4 Å². The van der Waals surface area contributed by atoms with Crippen LogP contribution in [0.25, 0.3) is 0 Å². The van der Waals surface area contributed by atoms with Crippen molar-refractivity contribution in [1.29, 1.82) is 5.26 Å². The number of rotatable bonds is 3. The Balaban J connectivity index is 3.31. The molecule has 0 aromatic heterocycles. The maximum Gasteiger partial charge on any atom is 0.151 e. The lowest BCUT2D eigenvalue weighted by Crippen LogP contribution is -2.08. The van der Waals surface area contributed by atoms with Gasteiger partial charge in [0.2, 0.25) is 0 Å². The molecule has 16 heavy (non-hydrogen) atoms. The quantitative estimate of drug-likeness (QED) is 0.781. The number of Topliss-reactive ketones (excluding diaryl/α,β-unsaturated/α-hetero) is 1. The number of aryl methyl sites for hydroxylation is 2. The van der Waals surface area contributed by atoms with E-state index in [1.807, 2.05) is 32.0 Å². The maximum atomic E-state index is 11.3. The van der Waals surface area contributed by atoms with Gasteiger partial charge in [0.15, 0.2) is 5.78 Å². The van der Waals surface area contributed by atoms with Gasteiger partial charge in [0.05, 0.1) is 13.2 Å². The summed E-state index contributed by atoms with van der Waals surface area (Å²) in [6, 6.07) is 5.74. The summed E-state index contributed by atoms with van der Waals surface area (Å²) >= 11 is 0. The van der Waals surface area contributed by atoms with E-state index >= 15 is 0 Å². The van der Waals surface area contributed by atoms with Gasteiger partial charge in [-0.25, -0.2) is 0 Å². The zero-order valence-electron chi connectivity index (χ0n) is 10.00. The molecular weight excluding hydrogens is 202 g/mol. The van der Waals surface area contributed by atoms with Gasteiger partial charge >= 0.3 is 0 Å². The number of carbonyl (C=O) groups excluding carboxylic acids is 1. The summed E-state index contributed by atoms with van der Waals surface area (Å²) in [6.45, 7) is 5.22. The highest BCUT2D eigenvalue weighted by Crippen LogP contribution is 2.27. The van der Waals surface area contributed by atoms with Gasteiger partial charge in [-0.3, -0.25) is 4.79 Å². The van der Waals surface area contributed by atoms with Crippen molar-refractivity contribution in [2.75, 3.05) is 7.11 Å². The van der Waals surface area contributed by atoms with E-state index < -0.39 is 5.92 Å². The van der Waals surface area contributed by atoms with Crippen molar-refractivity contribution in [1.82, 2.24) is 0 Å². The Morgan fingerprint density at radius 3 is 2.44 bits per heavy atom. The number of benzene rings is 1. The largest absolute Gasteiger partial charge is 0.496 e. The summed E-state index contributed by atoms with van der Waals surface area (Å²) < 4.78 is 5.19. The minimum absolute atomic E-state index is 0.129. The minimum atomic E-state index is -0.676. The molecule has 0 aliphatic heterocycles. The van der Waals surface area contributed by atoms with E-state index in [4.69, 9.17) is 10.00 Å². The van der Waals surface area contributed by atoms with E-state index in [9.17, 15) is 4.79 Å². The number of methoxy groups -OCH3 is 1. The average Bonchev–Trinajstić information content (AvgIpc) is 2.23. The van der Waals surface area contributed by atoms with Crippen LogP contribution in [-0.2, 0) is 4.79 Å². The third-order valence-electron chi connectivity index (χ3n) is 2.63. The highest BCUT2D eigenvalue weighted by molar-refractivity contribution is 5.86. The van der Waals surface area contributed by atoms with Crippen LogP contribution in [0.1, 0.15) is 29.5 Å². The van der Waals surface area contributed by atoms with Crippen LogP contribution >= 0.6 is 0 Å². The maximum absolute atomic E-state index is 11.3. The molecule has 1 rings (SSSR count). The van der Waals surface area contributed by atoms with Gasteiger partial charge in [-0.2, -0.15) is 5.26 Å². The van der Waals surface area contributed by atoms with Crippen LogP contribution in [0.2, 0.25) is 0 Å². The van der Waals surface area contributed by atoms with Gasteiger partial charge in [-0.05, 0) is 43.5 Å². The highest BCUT2D eigenvalue weighted by Gasteiger charge is 2.19. The van der Waals surface area contributed by atoms with Crippen LogP contribution in [0.15, 0.2) is 12.1 Å². The molecule has 3 heteroatoms. The minimum Gasteiger partial charge on any atom is -0.496 e. The highest BCUT2D eigenvalue weighted by atomic mass is 16.5. The number of hydrogen-bond donors (Lipinski definition) is 0. The van der Waals surface area contributed by atoms with Crippen LogP contribution in [0.5, 0.6) is 5.75 Å². The Labute approximate surface area is 95.7 Å². The Morgan fingerprint density at radius 1 is 1.38 bits per heavy atom. The van der Waals surface area contributed by atoms with E-state index in [0.29, 0.717) is 0 Å². The first-order valence-corrected chi connectivity index (χ1v) is 5.06. The van der Waals surface area contributed by atoms with Gasteiger partial charge in [0.25, 0.3) is 0 Å². The van der Waals surface area contributed by atoms with Crippen molar-refractivity contribution in [3.05, 3.63) is 28.8 Å². The molecule has 0 radical (unpaired) electrons. The molecule has 0 bridgehead atoms. The normalized spacial score (nSPS) is 11.7.